The van der Waals surface area contributed by atoms with Crippen LogP contribution in [-0.4, -0.2) is 39.0 Å². The third kappa shape index (κ3) is 5.71. The summed E-state index contributed by atoms with van der Waals surface area (Å²) in [4.78, 5) is 4.33. The van der Waals surface area contributed by atoms with Crippen LogP contribution in [0.1, 0.15) is 38.2 Å². The Balaban J connectivity index is 1.91. The fourth-order valence-electron chi connectivity index (χ4n) is 3.59. The van der Waals surface area contributed by atoms with E-state index >= 15 is 0 Å². The normalized spacial score (nSPS) is 21.4. The number of halogens is 3. The fourth-order valence-corrected chi connectivity index (χ4v) is 4.42. The second kappa shape index (κ2) is 9.49. The summed E-state index contributed by atoms with van der Waals surface area (Å²) in [7, 11) is -3.61. The molecule has 0 atom stereocenters. The van der Waals surface area contributed by atoms with Crippen molar-refractivity contribution in [1.29, 1.82) is 0 Å². The van der Waals surface area contributed by atoms with Crippen molar-refractivity contribution in [1.82, 2.24) is 4.98 Å². The third-order valence-electron chi connectivity index (χ3n) is 5.26. The molecule has 1 heterocycles. The zero-order valence-electron chi connectivity index (χ0n) is 16.8. The highest BCUT2D eigenvalue weighted by atomic mass is 35.5. The first kappa shape index (κ1) is 23.4. The molecule has 0 spiro atoms. The maximum atomic E-state index is 13.5. The van der Waals surface area contributed by atoms with E-state index in [0.29, 0.717) is 30.7 Å². The Kier molecular flexibility index (Phi) is 7.40. The van der Waals surface area contributed by atoms with E-state index in [1.54, 1.807) is 12.1 Å². The third-order valence-corrected chi connectivity index (χ3v) is 6.29. The van der Waals surface area contributed by atoms with E-state index in [4.69, 9.17) is 32.1 Å². The maximum absolute atomic E-state index is 13.5. The zero-order chi connectivity index (χ0) is 21.9. The van der Waals surface area contributed by atoms with Gasteiger partial charge < -0.3 is 4.74 Å². The van der Waals surface area contributed by atoms with Gasteiger partial charge in [-0.25, -0.2) is 9.37 Å². The van der Waals surface area contributed by atoms with Gasteiger partial charge in [0.25, 0.3) is 10.1 Å². The van der Waals surface area contributed by atoms with E-state index in [1.165, 1.54) is 12.1 Å². The van der Waals surface area contributed by atoms with Gasteiger partial charge in [0.05, 0.1) is 29.7 Å². The van der Waals surface area contributed by atoms with E-state index in [1.807, 2.05) is 6.07 Å². The summed E-state index contributed by atoms with van der Waals surface area (Å²) in [5.74, 6) is -0.522. The van der Waals surface area contributed by atoms with Crippen LogP contribution in [0.5, 0.6) is 0 Å². The molecule has 30 heavy (non-hydrogen) atoms. The monoisotopic (exact) mass is 475 g/mol. The van der Waals surface area contributed by atoms with Crippen LogP contribution in [-0.2, 0) is 24.5 Å². The second-order valence-electron chi connectivity index (χ2n) is 7.69. The van der Waals surface area contributed by atoms with E-state index in [2.05, 4.69) is 11.9 Å². The average molecular weight is 476 g/mol. The number of hydrogen-bond acceptors (Lipinski definition) is 5. The van der Waals surface area contributed by atoms with Crippen LogP contribution < -0.4 is 0 Å². The zero-order valence-corrected chi connectivity index (χ0v) is 19.2. The molecule has 0 saturated heterocycles. The van der Waals surface area contributed by atoms with Crippen molar-refractivity contribution in [3.8, 4) is 11.3 Å². The molecule has 0 radical (unpaired) electrons. The minimum absolute atomic E-state index is 0.0105. The van der Waals surface area contributed by atoms with Gasteiger partial charge in [-0.3, -0.25) is 4.18 Å². The first-order valence-corrected chi connectivity index (χ1v) is 12.3. The molecule has 0 unspecified atom stereocenters. The van der Waals surface area contributed by atoms with Gasteiger partial charge >= 0.3 is 0 Å². The number of benzene rings is 1. The summed E-state index contributed by atoms with van der Waals surface area (Å²) in [6, 6.07) is 7.86. The number of pyridine rings is 1. The molecule has 9 heteroatoms. The highest BCUT2D eigenvalue weighted by Gasteiger charge is 2.47. The topological polar surface area (TPSA) is 65.5 Å². The number of ether oxygens (including phenoxy) is 1. The van der Waals surface area contributed by atoms with Crippen LogP contribution >= 0.6 is 23.2 Å². The number of unbranched alkanes of at least 4 members (excludes halogenated alkanes) is 1. The highest BCUT2D eigenvalue weighted by molar-refractivity contribution is 7.85. The van der Waals surface area contributed by atoms with Crippen LogP contribution in [0.2, 0.25) is 10.2 Å². The molecular weight excluding hydrogens is 452 g/mol. The van der Waals surface area contributed by atoms with Gasteiger partial charge in [0.2, 0.25) is 0 Å². The maximum Gasteiger partial charge on any atom is 0.264 e. The van der Waals surface area contributed by atoms with Crippen molar-refractivity contribution < 1.29 is 21.7 Å². The molecule has 0 bridgehead atoms. The van der Waals surface area contributed by atoms with Gasteiger partial charge in [0.15, 0.2) is 0 Å². The lowest BCUT2D eigenvalue weighted by atomic mass is 9.63. The molecule has 1 aromatic heterocycles. The van der Waals surface area contributed by atoms with Gasteiger partial charge in [-0.2, -0.15) is 8.42 Å². The standard InChI is InChI=1S/C21H24Cl2FNO4S/c1-3-4-7-28-16-11-21(12-16,13-29-30(2,26)27)15-9-19(25-20(23)10-15)14-5-6-18(24)17(22)8-14/h5-6,8-10,16H,3-4,7,11-13H2,1-2H3. The molecule has 1 aliphatic rings. The Hall–Kier alpha value is -1.25. The van der Waals surface area contributed by atoms with Crippen molar-refractivity contribution in [2.45, 2.75) is 44.1 Å². The Morgan fingerprint density at radius 3 is 2.60 bits per heavy atom. The van der Waals surface area contributed by atoms with Crippen molar-refractivity contribution >= 4 is 33.3 Å². The minimum atomic E-state index is -3.61. The lowest BCUT2D eigenvalue weighted by Crippen LogP contribution is -2.49. The molecule has 0 amide bonds. The Morgan fingerprint density at radius 2 is 1.97 bits per heavy atom. The molecule has 1 fully saturated rings. The molecule has 1 aromatic carbocycles. The number of aromatic nitrogens is 1. The lowest BCUT2D eigenvalue weighted by molar-refractivity contribution is -0.0599. The Labute approximate surface area is 186 Å². The summed E-state index contributed by atoms with van der Waals surface area (Å²) >= 11 is 12.2. The second-order valence-corrected chi connectivity index (χ2v) is 10.1. The van der Waals surface area contributed by atoms with E-state index in [-0.39, 0.29) is 22.9 Å². The first-order valence-electron chi connectivity index (χ1n) is 9.71. The summed E-state index contributed by atoms with van der Waals surface area (Å²) in [5.41, 5.74) is 1.37. The van der Waals surface area contributed by atoms with Crippen molar-refractivity contribution in [2.75, 3.05) is 19.5 Å². The Morgan fingerprint density at radius 1 is 1.23 bits per heavy atom. The van der Waals surface area contributed by atoms with E-state index in [0.717, 1.165) is 24.7 Å². The molecule has 3 rings (SSSR count). The molecule has 1 saturated carbocycles. The SMILES string of the molecule is CCCCOC1CC(COS(C)(=O)=O)(c2cc(Cl)nc(-c3ccc(F)c(Cl)c3)c2)C1. The number of nitrogens with zero attached hydrogens (tertiary/aromatic N) is 1. The fraction of sp³-hybridized carbons (Fsp3) is 0.476. The van der Waals surface area contributed by atoms with Gasteiger partial charge in [-0.15, -0.1) is 0 Å². The van der Waals surface area contributed by atoms with Crippen LogP contribution in [0.4, 0.5) is 4.39 Å². The van der Waals surface area contributed by atoms with Crippen LogP contribution in [0, 0.1) is 5.82 Å². The van der Waals surface area contributed by atoms with Gasteiger partial charge in [-0.1, -0.05) is 36.5 Å². The molecule has 164 valence electrons. The molecule has 2 aromatic rings. The van der Waals surface area contributed by atoms with Crippen LogP contribution in [0.25, 0.3) is 11.3 Å². The average Bonchev–Trinajstić information content (AvgIpc) is 2.64. The van der Waals surface area contributed by atoms with Gasteiger partial charge in [-0.05, 0) is 55.2 Å². The lowest BCUT2D eigenvalue weighted by Gasteiger charge is -2.47. The van der Waals surface area contributed by atoms with Crippen molar-refractivity contribution in [3.05, 3.63) is 51.9 Å². The summed E-state index contributed by atoms with van der Waals surface area (Å²) in [5, 5.41) is 0.232. The predicted molar refractivity (Wildman–Crippen MR) is 116 cm³/mol. The van der Waals surface area contributed by atoms with E-state index < -0.39 is 21.4 Å². The van der Waals surface area contributed by atoms with Crippen LogP contribution in [0.15, 0.2) is 30.3 Å². The number of hydrogen-bond donors (Lipinski definition) is 0. The smallest absolute Gasteiger partial charge is 0.264 e. The van der Waals surface area contributed by atoms with E-state index in [9.17, 15) is 12.8 Å². The molecule has 5 nitrogen and oxygen atoms in total. The quantitative estimate of drug-likeness (QED) is 0.276. The Bertz CT molecular complexity index is 1010. The summed E-state index contributed by atoms with van der Waals surface area (Å²) in [6.45, 7) is 2.75. The molecule has 1 aliphatic carbocycles. The molecule has 0 aliphatic heterocycles. The van der Waals surface area contributed by atoms with Crippen LogP contribution in [0.3, 0.4) is 0 Å². The highest BCUT2D eigenvalue weighted by Crippen LogP contribution is 2.47. The summed E-state index contributed by atoms with van der Waals surface area (Å²) in [6.07, 6.45) is 4.28. The number of rotatable bonds is 9. The van der Waals surface area contributed by atoms with Crippen molar-refractivity contribution in [2.24, 2.45) is 0 Å². The minimum Gasteiger partial charge on any atom is -0.378 e. The largest absolute Gasteiger partial charge is 0.378 e. The van der Waals surface area contributed by atoms with Gasteiger partial charge in [0.1, 0.15) is 11.0 Å². The first-order chi connectivity index (χ1) is 14.1. The molecule has 0 N–H and O–H groups in total. The predicted octanol–water partition coefficient (Wildman–Crippen LogP) is 5.39. The van der Waals surface area contributed by atoms with Crippen molar-refractivity contribution in [3.63, 3.8) is 0 Å². The molecular formula is C21H24Cl2FNO4S. The van der Waals surface area contributed by atoms with Gasteiger partial charge in [0, 0.05) is 17.6 Å². The summed E-state index contributed by atoms with van der Waals surface area (Å²) < 4.78 is 47.8.